The molecule has 5 rings (SSSR count). The lowest BCUT2D eigenvalue weighted by Gasteiger charge is -2.21. The average molecular weight is 387 g/mol. The number of aryl methyl sites for hydroxylation is 1. The number of fused-ring (bicyclic) bond motifs is 4. The van der Waals surface area contributed by atoms with E-state index in [1.807, 2.05) is 12.1 Å². The fraction of sp³-hybridized carbons (Fsp3) is 0.591. The van der Waals surface area contributed by atoms with Gasteiger partial charge < -0.3 is 9.47 Å². The molecule has 2 bridgehead atoms. The van der Waals surface area contributed by atoms with E-state index < -0.39 is 0 Å². The highest BCUT2D eigenvalue weighted by Gasteiger charge is 2.38. The Balaban J connectivity index is 1.31. The smallest absolute Gasteiger partial charge is 0.163 e. The van der Waals surface area contributed by atoms with Crippen molar-refractivity contribution in [1.29, 1.82) is 0 Å². The number of pyridine rings is 1. The Labute approximate surface area is 165 Å². The minimum absolute atomic E-state index is 0.705. The van der Waals surface area contributed by atoms with Crippen molar-refractivity contribution in [2.75, 3.05) is 20.3 Å². The molecule has 27 heavy (non-hydrogen) atoms. The summed E-state index contributed by atoms with van der Waals surface area (Å²) >= 11 is 6.66. The van der Waals surface area contributed by atoms with Crippen LogP contribution in [0.15, 0.2) is 12.1 Å². The highest BCUT2D eigenvalue weighted by Crippen LogP contribution is 2.40. The van der Waals surface area contributed by atoms with Crippen LogP contribution in [-0.2, 0) is 12.8 Å². The lowest BCUT2D eigenvalue weighted by Crippen LogP contribution is -2.30. The quantitative estimate of drug-likeness (QED) is 0.669. The second-order valence-electron chi connectivity index (χ2n) is 8.13. The van der Waals surface area contributed by atoms with Crippen LogP contribution >= 0.6 is 11.6 Å². The number of aromatic nitrogens is 1. The summed E-state index contributed by atoms with van der Waals surface area (Å²) in [5.74, 6) is 1.52. The molecule has 5 heteroatoms. The lowest BCUT2D eigenvalue weighted by molar-refractivity contribution is 0.216. The van der Waals surface area contributed by atoms with Crippen molar-refractivity contribution >= 4 is 22.5 Å². The lowest BCUT2D eigenvalue weighted by atomic mass is 10.0. The summed E-state index contributed by atoms with van der Waals surface area (Å²) in [6, 6.07) is 5.65. The Bertz CT molecular complexity index is 849. The van der Waals surface area contributed by atoms with E-state index in [0.717, 1.165) is 77.4 Å². The van der Waals surface area contributed by atoms with Crippen molar-refractivity contribution in [2.24, 2.45) is 0 Å². The van der Waals surface area contributed by atoms with Gasteiger partial charge in [0, 0.05) is 35.8 Å². The third-order valence-corrected chi connectivity index (χ3v) is 7.08. The molecule has 0 N–H and O–H groups in total. The third-order valence-electron chi connectivity index (χ3n) is 6.65. The maximum Gasteiger partial charge on any atom is 0.163 e. The predicted molar refractivity (Wildman–Crippen MR) is 108 cm³/mol. The van der Waals surface area contributed by atoms with Gasteiger partial charge in [0.15, 0.2) is 11.5 Å². The number of ether oxygens (including phenoxy) is 2. The molecule has 1 aliphatic carbocycles. The van der Waals surface area contributed by atoms with Crippen LogP contribution < -0.4 is 9.47 Å². The van der Waals surface area contributed by atoms with E-state index in [2.05, 4.69) is 4.90 Å². The fourth-order valence-corrected chi connectivity index (χ4v) is 5.65. The zero-order chi connectivity index (χ0) is 18.4. The summed E-state index contributed by atoms with van der Waals surface area (Å²) in [7, 11) is 1.69. The van der Waals surface area contributed by atoms with Crippen molar-refractivity contribution < 1.29 is 9.47 Å². The number of halogens is 1. The fourth-order valence-electron chi connectivity index (χ4n) is 5.30. The van der Waals surface area contributed by atoms with E-state index in [1.165, 1.54) is 31.2 Å². The van der Waals surface area contributed by atoms with Gasteiger partial charge in [-0.2, -0.15) is 0 Å². The number of hydrogen-bond acceptors (Lipinski definition) is 4. The van der Waals surface area contributed by atoms with E-state index in [1.54, 1.807) is 7.11 Å². The summed E-state index contributed by atoms with van der Waals surface area (Å²) < 4.78 is 11.7. The van der Waals surface area contributed by atoms with Crippen LogP contribution in [0.25, 0.3) is 10.9 Å². The zero-order valence-electron chi connectivity index (χ0n) is 16.0. The number of rotatable bonds is 6. The highest BCUT2D eigenvalue weighted by molar-refractivity contribution is 6.36. The van der Waals surface area contributed by atoms with Crippen LogP contribution in [0.2, 0.25) is 5.02 Å². The molecule has 0 unspecified atom stereocenters. The minimum Gasteiger partial charge on any atom is -0.493 e. The topological polar surface area (TPSA) is 34.6 Å². The largest absolute Gasteiger partial charge is 0.493 e. The van der Waals surface area contributed by atoms with Crippen molar-refractivity contribution in [3.8, 4) is 11.5 Å². The molecular formula is C22H27ClN2O2. The molecule has 144 valence electrons. The number of benzene rings is 1. The van der Waals surface area contributed by atoms with Crippen molar-refractivity contribution in [2.45, 2.75) is 63.5 Å². The number of hydrogen-bond donors (Lipinski definition) is 0. The first-order chi connectivity index (χ1) is 13.2. The van der Waals surface area contributed by atoms with Gasteiger partial charge in [-0.3, -0.25) is 9.88 Å². The average Bonchev–Trinajstić information content (AvgIpc) is 3.41. The molecule has 3 aliphatic rings. The Hall–Kier alpha value is -1.52. The Morgan fingerprint density at radius 2 is 1.89 bits per heavy atom. The molecule has 2 aromatic rings. The van der Waals surface area contributed by atoms with E-state index in [0.29, 0.717) is 6.61 Å². The van der Waals surface area contributed by atoms with Gasteiger partial charge in [-0.05, 0) is 63.0 Å². The normalized spacial score (nSPS) is 23.9. The molecule has 2 fully saturated rings. The van der Waals surface area contributed by atoms with E-state index in [9.17, 15) is 0 Å². The summed E-state index contributed by atoms with van der Waals surface area (Å²) in [6.45, 7) is 1.85. The van der Waals surface area contributed by atoms with Gasteiger partial charge in [-0.1, -0.05) is 11.6 Å². The van der Waals surface area contributed by atoms with E-state index in [4.69, 9.17) is 26.1 Å². The maximum absolute atomic E-state index is 6.66. The minimum atomic E-state index is 0.705. The molecule has 1 aromatic heterocycles. The van der Waals surface area contributed by atoms with Crippen LogP contribution in [0.5, 0.6) is 11.5 Å². The number of methoxy groups -OCH3 is 1. The second kappa shape index (κ2) is 7.14. The van der Waals surface area contributed by atoms with Gasteiger partial charge in [0.25, 0.3) is 0 Å². The van der Waals surface area contributed by atoms with Gasteiger partial charge in [-0.25, -0.2) is 0 Å². The molecule has 0 amide bonds. The van der Waals surface area contributed by atoms with Gasteiger partial charge in [0.05, 0.1) is 24.3 Å². The Morgan fingerprint density at radius 3 is 2.63 bits per heavy atom. The SMILES string of the molecule is COc1cc2c(Cl)c3c(nc2cc1OCCCN1C2CCC1CC2)CCC3. The first-order valence-corrected chi connectivity index (χ1v) is 10.7. The first kappa shape index (κ1) is 17.6. The van der Waals surface area contributed by atoms with E-state index in [-0.39, 0.29) is 0 Å². The summed E-state index contributed by atoms with van der Waals surface area (Å²) in [5.41, 5.74) is 3.27. The molecule has 4 nitrogen and oxygen atoms in total. The molecule has 0 radical (unpaired) electrons. The van der Waals surface area contributed by atoms with Gasteiger partial charge in [0.1, 0.15) is 0 Å². The molecule has 0 atom stereocenters. The van der Waals surface area contributed by atoms with Crippen molar-refractivity contribution in [3.63, 3.8) is 0 Å². The maximum atomic E-state index is 6.66. The van der Waals surface area contributed by atoms with Crippen molar-refractivity contribution in [1.82, 2.24) is 9.88 Å². The predicted octanol–water partition coefficient (Wildman–Crippen LogP) is 4.78. The van der Waals surface area contributed by atoms with Crippen LogP contribution in [0.3, 0.4) is 0 Å². The zero-order valence-corrected chi connectivity index (χ0v) is 16.7. The molecule has 3 heterocycles. The standard InChI is InChI=1S/C22H27ClN2O2/c1-26-20-12-17-19(24-18-5-2-4-16(18)22(17)23)13-21(20)27-11-3-10-25-14-6-7-15(25)9-8-14/h12-15H,2-11H2,1H3. The van der Waals surface area contributed by atoms with Crippen LogP contribution in [0.4, 0.5) is 0 Å². The second-order valence-corrected chi connectivity index (χ2v) is 8.50. The van der Waals surface area contributed by atoms with Crippen LogP contribution in [0.1, 0.15) is 49.8 Å². The summed E-state index contributed by atoms with van der Waals surface area (Å²) in [6.07, 6.45) is 9.79. The van der Waals surface area contributed by atoms with Gasteiger partial charge >= 0.3 is 0 Å². The van der Waals surface area contributed by atoms with E-state index >= 15 is 0 Å². The summed E-state index contributed by atoms with van der Waals surface area (Å²) in [4.78, 5) is 7.54. The molecule has 1 aromatic carbocycles. The third kappa shape index (κ3) is 3.07. The molecule has 2 aliphatic heterocycles. The van der Waals surface area contributed by atoms with Crippen LogP contribution in [-0.4, -0.2) is 42.2 Å². The van der Waals surface area contributed by atoms with Gasteiger partial charge in [-0.15, -0.1) is 0 Å². The van der Waals surface area contributed by atoms with Crippen molar-refractivity contribution in [3.05, 3.63) is 28.4 Å². The van der Waals surface area contributed by atoms with Gasteiger partial charge in [0.2, 0.25) is 0 Å². The number of nitrogens with zero attached hydrogens (tertiary/aromatic N) is 2. The monoisotopic (exact) mass is 386 g/mol. The molecular weight excluding hydrogens is 360 g/mol. The highest BCUT2D eigenvalue weighted by atomic mass is 35.5. The molecule has 0 spiro atoms. The first-order valence-electron chi connectivity index (χ1n) is 10.3. The Kier molecular flexibility index (Phi) is 4.65. The molecule has 2 saturated heterocycles. The summed E-state index contributed by atoms with van der Waals surface area (Å²) in [5, 5.41) is 1.80. The Morgan fingerprint density at radius 1 is 1.11 bits per heavy atom. The van der Waals surface area contributed by atoms with Crippen LogP contribution in [0, 0.1) is 0 Å². The molecule has 0 saturated carbocycles.